The van der Waals surface area contributed by atoms with Crippen LogP contribution in [0.3, 0.4) is 0 Å². The quantitative estimate of drug-likeness (QED) is 0.0100. The van der Waals surface area contributed by atoms with Crippen molar-refractivity contribution in [2.75, 3.05) is 13.2 Å². The minimum atomic E-state index is -5.15. The van der Waals surface area contributed by atoms with Crippen LogP contribution in [0.2, 0.25) is 0 Å². The van der Waals surface area contributed by atoms with Gasteiger partial charge in [-0.3, -0.25) is 18.6 Å². The minimum absolute atomic E-state index is 0.0570. The summed E-state index contributed by atoms with van der Waals surface area (Å²) in [6.45, 7) is 2.89. The highest BCUT2D eigenvalue weighted by molar-refractivity contribution is 7.47. The van der Waals surface area contributed by atoms with Gasteiger partial charge in [-0.05, 0) is 83.5 Å². The van der Waals surface area contributed by atoms with E-state index in [1.54, 1.807) is 6.08 Å². The molecule has 1 aliphatic carbocycles. The number of aliphatic hydroxyl groups is 6. The molecule has 0 radical (unpaired) electrons. The lowest BCUT2D eigenvalue weighted by Gasteiger charge is -2.41. The van der Waals surface area contributed by atoms with Crippen molar-refractivity contribution in [3.63, 3.8) is 0 Å². The zero-order chi connectivity index (χ0) is 49.4. The van der Waals surface area contributed by atoms with E-state index in [0.717, 1.165) is 77.0 Å². The van der Waals surface area contributed by atoms with Gasteiger partial charge in [0.1, 0.15) is 43.2 Å². The van der Waals surface area contributed by atoms with E-state index in [1.165, 1.54) is 25.7 Å². The second-order valence-electron chi connectivity index (χ2n) is 16.8. The molecule has 1 saturated carbocycles. The summed E-state index contributed by atoms with van der Waals surface area (Å²) < 4.78 is 33.5. The smallest absolute Gasteiger partial charge is 0.462 e. The predicted octanol–water partition coefficient (Wildman–Crippen LogP) is 9.19. The van der Waals surface area contributed by atoms with Gasteiger partial charge in [0.25, 0.3) is 0 Å². The Labute approximate surface area is 401 Å². The number of allylic oxidation sites excluding steroid dienone is 15. The van der Waals surface area contributed by atoms with Crippen molar-refractivity contribution < 1.29 is 68.2 Å². The van der Waals surface area contributed by atoms with Crippen molar-refractivity contribution in [1.82, 2.24) is 0 Å². The van der Waals surface area contributed by atoms with E-state index in [1.807, 2.05) is 43.4 Å². The lowest BCUT2D eigenvalue weighted by molar-refractivity contribution is -0.220. The number of carbonyl (C=O) groups excluding carboxylic acids is 2. The lowest BCUT2D eigenvalue weighted by atomic mass is 9.85. The van der Waals surface area contributed by atoms with Crippen LogP contribution in [-0.4, -0.2) is 110 Å². The number of hydrogen-bond acceptors (Lipinski definition) is 13. The Morgan fingerprint density at radius 3 is 1.52 bits per heavy atom. The van der Waals surface area contributed by atoms with E-state index in [0.29, 0.717) is 25.7 Å². The molecule has 0 bridgehead atoms. The number of carbonyl (C=O) groups is 2. The van der Waals surface area contributed by atoms with Gasteiger partial charge in [-0.15, -0.1) is 0 Å². The van der Waals surface area contributed by atoms with Gasteiger partial charge in [0, 0.05) is 12.8 Å². The maximum Gasteiger partial charge on any atom is 0.472 e. The highest BCUT2D eigenvalue weighted by Crippen LogP contribution is 2.47. The van der Waals surface area contributed by atoms with Crippen LogP contribution in [0.4, 0.5) is 0 Å². The number of rotatable bonds is 39. The van der Waals surface area contributed by atoms with Crippen molar-refractivity contribution in [3.8, 4) is 0 Å². The summed E-state index contributed by atoms with van der Waals surface area (Å²) in [5.74, 6) is -1.21. The van der Waals surface area contributed by atoms with Crippen LogP contribution >= 0.6 is 7.82 Å². The molecule has 0 amide bonds. The number of aliphatic hydroxyl groups excluding tert-OH is 6. The number of phosphoric ester groups is 1. The van der Waals surface area contributed by atoms with Crippen molar-refractivity contribution in [2.24, 2.45) is 0 Å². The third-order valence-electron chi connectivity index (χ3n) is 10.8. The van der Waals surface area contributed by atoms with Crippen LogP contribution in [0.1, 0.15) is 155 Å². The molecule has 0 spiro atoms. The molecule has 9 atom stereocenters. The Hall–Kier alpha value is -3.27. The maximum atomic E-state index is 12.8. The monoisotopic (exact) mass is 965 g/mol. The molecule has 0 aliphatic heterocycles. The summed E-state index contributed by atoms with van der Waals surface area (Å²) in [5.41, 5.74) is 0. The zero-order valence-electron chi connectivity index (χ0n) is 40.3. The molecule has 0 aromatic carbocycles. The third kappa shape index (κ3) is 33.0. The van der Waals surface area contributed by atoms with Gasteiger partial charge in [-0.25, -0.2) is 4.57 Å². The Morgan fingerprint density at radius 2 is 0.985 bits per heavy atom. The second-order valence-corrected chi connectivity index (χ2v) is 18.2. The van der Waals surface area contributed by atoms with E-state index < -0.39 is 81.8 Å². The van der Waals surface area contributed by atoms with Gasteiger partial charge in [0.05, 0.1) is 12.7 Å². The van der Waals surface area contributed by atoms with Crippen LogP contribution in [0, 0.1) is 0 Å². The van der Waals surface area contributed by atoms with E-state index >= 15 is 0 Å². The largest absolute Gasteiger partial charge is 0.472 e. The standard InChI is InChI=1S/C52H85O14P/c1-3-5-6-7-8-9-10-11-12-13-14-15-16-17-22-25-28-31-34-37-40-46(55)65-44(42-64-67(61,62)66-52-50(59)48(57)47(56)49(58)51(52)60)41-63-45(54)39-36-33-30-27-24-21-19-18-20-23-26-29-32-35-38-43(53)4-2/h9-10,12-13,15-16,19-21,23,27,29-30,32,35,38,43-44,47-53,56-60H,3-8,11,14,17-18,22,24-26,28,31,33-34,36-37,39-42H2,1-2H3,(H,61,62)/b10-9-,13-12-,16-15-,21-19-,23-20-,30-27-,32-29-,38-35+/t43-,44+,47?,48-,49+,50+,51+,52?/m0/s1. The minimum Gasteiger partial charge on any atom is -0.462 e. The average molecular weight is 965 g/mol. The van der Waals surface area contributed by atoms with E-state index in [4.69, 9.17) is 18.5 Å². The summed E-state index contributed by atoms with van der Waals surface area (Å²) in [5, 5.41) is 59.7. The fraction of sp³-hybridized carbons (Fsp3) is 0.654. The number of esters is 2. The number of hydrogen-bond donors (Lipinski definition) is 7. The van der Waals surface area contributed by atoms with Crippen molar-refractivity contribution >= 4 is 19.8 Å². The van der Waals surface area contributed by atoms with Gasteiger partial charge in [-0.2, -0.15) is 0 Å². The molecule has 1 fully saturated rings. The molecule has 67 heavy (non-hydrogen) atoms. The van der Waals surface area contributed by atoms with Crippen molar-refractivity contribution in [2.45, 2.75) is 204 Å². The Bertz CT molecular complexity index is 1550. The Kier molecular flexibility index (Phi) is 37.4. The second kappa shape index (κ2) is 40.6. The van der Waals surface area contributed by atoms with Gasteiger partial charge < -0.3 is 45.0 Å². The lowest BCUT2D eigenvalue weighted by Crippen LogP contribution is -2.64. The number of phosphoric acid groups is 1. The molecule has 0 saturated heterocycles. The highest BCUT2D eigenvalue weighted by Gasteiger charge is 2.51. The molecular formula is C52H85O14P. The van der Waals surface area contributed by atoms with E-state index in [2.05, 4.69) is 61.6 Å². The van der Waals surface area contributed by atoms with Gasteiger partial charge in [0.15, 0.2) is 6.10 Å². The SMILES string of the molecule is CCCCCC/C=C\C/C=C\C/C=C\CCCCCCCCC(=O)O[C@H](COC(=O)CCC/C=C\C/C=C\C/C=C\C/C=C\C=C\[C@@H](O)CC)COP(=O)(O)OC1[C@H](O)[C@H](O)C(O)[C@H](O)[C@H]1O. The van der Waals surface area contributed by atoms with Crippen LogP contribution < -0.4 is 0 Å². The summed E-state index contributed by atoms with van der Waals surface area (Å²) >= 11 is 0. The maximum absolute atomic E-state index is 12.8. The third-order valence-corrected chi connectivity index (χ3v) is 11.8. The topological polar surface area (TPSA) is 230 Å². The Morgan fingerprint density at radius 1 is 0.537 bits per heavy atom. The first-order chi connectivity index (χ1) is 32.3. The normalized spacial score (nSPS) is 22.5. The molecule has 0 heterocycles. The number of ether oxygens (including phenoxy) is 2. The molecule has 1 aliphatic rings. The molecule has 0 aromatic heterocycles. The van der Waals surface area contributed by atoms with Gasteiger partial charge in [0.2, 0.25) is 0 Å². The first kappa shape index (κ1) is 61.7. The zero-order valence-corrected chi connectivity index (χ0v) is 41.2. The molecule has 15 heteroatoms. The van der Waals surface area contributed by atoms with Crippen molar-refractivity contribution in [3.05, 3.63) is 97.2 Å². The van der Waals surface area contributed by atoms with Crippen LogP contribution in [-0.2, 0) is 32.7 Å². The molecule has 1 rings (SSSR count). The average Bonchev–Trinajstić information content (AvgIpc) is 3.31. The highest BCUT2D eigenvalue weighted by atomic mass is 31.2. The summed E-state index contributed by atoms with van der Waals surface area (Å²) in [6, 6.07) is 0. The number of unbranched alkanes of at least 4 members (excludes halogenated alkanes) is 11. The molecule has 3 unspecified atom stereocenters. The summed E-state index contributed by atoms with van der Waals surface area (Å²) in [7, 11) is -5.15. The first-order valence-electron chi connectivity index (χ1n) is 24.6. The van der Waals surface area contributed by atoms with Crippen LogP contribution in [0.25, 0.3) is 0 Å². The fourth-order valence-corrected chi connectivity index (χ4v) is 7.66. The molecular weight excluding hydrogens is 880 g/mol. The summed E-state index contributed by atoms with van der Waals surface area (Å²) in [4.78, 5) is 35.8. The first-order valence-corrected chi connectivity index (χ1v) is 26.1. The van der Waals surface area contributed by atoms with Gasteiger partial charge >= 0.3 is 19.8 Å². The van der Waals surface area contributed by atoms with Crippen molar-refractivity contribution in [1.29, 1.82) is 0 Å². The van der Waals surface area contributed by atoms with Gasteiger partial charge in [-0.1, -0.05) is 156 Å². The van der Waals surface area contributed by atoms with E-state index in [-0.39, 0.29) is 12.8 Å². The molecule has 0 aromatic rings. The van der Waals surface area contributed by atoms with E-state index in [9.17, 15) is 49.7 Å². The molecule has 7 N–H and O–H groups in total. The fourth-order valence-electron chi connectivity index (χ4n) is 6.69. The molecule has 382 valence electrons. The Balaban J connectivity index is 2.49. The predicted molar refractivity (Wildman–Crippen MR) is 264 cm³/mol. The summed E-state index contributed by atoms with van der Waals surface area (Å²) in [6.07, 6.45) is 38.3. The van der Waals surface area contributed by atoms with Crippen LogP contribution in [0.15, 0.2) is 97.2 Å². The molecule has 14 nitrogen and oxygen atoms in total. The van der Waals surface area contributed by atoms with Crippen LogP contribution in [0.5, 0.6) is 0 Å².